The van der Waals surface area contributed by atoms with Gasteiger partial charge in [0.1, 0.15) is 0 Å². The van der Waals surface area contributed by atoms with Gasteiger partial charge in [0.05, 0.1) is 6.04 Å². The van der Waals surface area contributed by atoms with E-state index < -0.39 is 11.6 Å². The number of rotatable bonds is 1. The molecule has 0 saturated heterocycles. The third-order valence-electron chi connectivity index (χ3n) is 1.97. The second kappa shape index (κ2) is 4.18. The van der Waals surface area contributed by atoms with E-state index in [9.17, 15) is 8.78 Å². The Balaban J connectivity index is 2.11. The van der Waals surface area contributed by atoms with Crippen LogP contribution in [0.4, 0.5) is 14.5 Å². The standard InChI is InChI=1S/C10H10F2N2S/c1-6-5-15-10(13-6)14-7-2-3-8(11)9(12)4-7/h2-4,6H,5H2,1H3,(H,13,14). The number of hydrogen-bond donors (Lipinski definition) is 1. The molecule has 1 aliphatic heterocycles. The highest BCUT2D eigenvalue weighted by Crippen LogP contribution is 2.20. The molecule has 1 aliphatic rings. The predicted molar refractivity (Wildman–Crippen MR) is 59.3 cm³/mol. The maximum absolute atomic E-state index is 12.9. The van der Waals surface area contributed by atoms with Crippen LogP contribution < -0.4 is 5.32 Å². The number of thioether (sulfide) groups is 1. The van der Waals surface area contributed by atoms with Crippen LogP contribution in [0.25, 0.3) is 0 Å². The first-order valence-corrected chi connectivity index (χ1v) is 5.56. The van der Waals surface area contributed by atoms with Gasteiger partial charge < -0.3 is 5.32 Å². The lowest BCUT2D eigenvalue weighted by Gasteiger charge is -2.04. The number of nitrogens with zero attached hydrogens (tertiary/aromatic N) is 1. The van der Waals surface area contributed by atoms with Gasteiger partial charge in [-0.05, 0) is 19.1 Å². The Morgan fingerprint density at radius 2 is 2.20 bits per heavy atom. The third kappa shape index (κ3) is 2.47. The monoisotopic (exact) mass is 228 g/mol. The van der Waals surface area contributed by atoms with Crippen molar-refractivity contribution in [2.45, 2.75) is 13.0 Å². The molecule has 1 N–H and O–H groups in total. The summed E-state index contributed by atoms with van der Waals surface area (Å²) in [5, 5.41) is 3.70. The maximum atomic E-state index is 12.9. The highest BCUT2D eigenvalue weighted by Gasteiger charge is 2.14. The van der Waals surface area contributed by atoms with E-state index in [-0.39, 0.29) is 6.04 Å². The van der Waals surface area contributed by atoms with Gasteiger partial charge >= 0.3 is 0 Å². The first-order chi connectivity index (χ1) is 7.15. The maximum Gasteiger partial charge on any atom is 0.161 e. The van der Waals surface area contributed by atoms with Crippen molar-refractivity contribution in [1.29, 1.82) is 0 Å². The fraction of sp³-hybridized carbons (Fsp3) is 0.300. The molecule has 0 aliphatic carbocycles. The van der Waals surface area contributed by atoms with Gasteiger partial charge in [0.2, 0.25) is 0 Å². The van der Waals surface area contributed by atoms with Crippen LogP contribution in [-0.4, -0.2) is 17.0 Å². The van der Waals surface area contributed by atoms with Crippen LogP contribution in [0.15, 0.2) is 23.2 Å². The molecule has 15 heavy (non-hydrogen) atoms. The minimum Gasteiger partial charge on any atom is -0.335 e. The van der Waals surface area contributed by atoms with Crippen LogP contribution in [-0.2, 0) is 0 Å². The molecule has 0 spiro atoms. The molecule has 0 bridgehead atoms. The first kappa shape index (κ1) is 10.4. The quantitative estimate of drug-likeness (QED) is 0.799. The second-order valence-electron chi connectivity index (χ2n) is 3.35. The zero-order valence-corrected chi connectivity index (χ0v) is 8.94. The van der Waals surface area contributed by atoms with E-state index in [1.807, 2.05) is 6.92 Å². The van der Waals surface area contributed by atoms with Crippen molar-refractivity contribution >= 4 is 22.6 Å². The van der Waals surface area contributed by atoms with Gasteiger partial charge in [0, 0.05) is 17.5 Å². The summed E-state index contributed by atoms with van der Waals surface area (Å²) in [6.07, 6.45) is 0. The van der Waals surface area contributed by atoms with E-state index in [0.717, 1.165) is 23.1 Å². The number of halogens is 2. The number of benzene rings is 1. The summed E-state index contributed by atoms with van der Waals surface area (Å²) < 4.78 is 25.5. The van der Waals surface area contributed by atoms with E-state index in [1.165, 1.54) is 6.07 Å². The van der Waals surface area contributed by atoms with E-state index in [2.05, 4.69) is 10.3 Å². The zero-order chi connectivity index (χ0) is 10.8. The lowest BCUT2D eigenvalue weighted by atomic mass is 10.3. The van der Waals surface area contributed by atoms with Crippen LogP contribution in [0.2, 0.25) is 0 Å². The number of aliphatic imine (C=N–C) groups is 1. The Morgan fingerprint density at radius 3 is 2.80 bits per heavy atom. The normalized spacial score (nSPS) is 20.2. The van der Waals surface area contributed by atoms with Gasteiger partial charge in [0.15, 0.2) is 16.8 Å². The summed E-state index contributed by atoms with van der Waals surface area (Å²) in [5.74, 6) is -0.766. The van der Waals surface area contributed by atoms with Crippen LogP contribution in [0.1, 0.15) is 6.92 Å². The van der Waals surface area contributed by atoms with E-state index in [0.29, 0.717) is 5.69 Å². The summed E-state index contributed by atoms with van der Waals surface area (Å²) in [6.45, 7) is 2.01. The van der Waals surface area contributed by atoms with E-state index >= 15 is 0 Å². The van der Waals surface area contributed by atoms with Gasteiger partial charge in [-0.25, -0.2) is 8.78 Å². The highest BCUT2D eigenvalue weighted by molar-refractivity contribution is 8.14. The Morgan fingerprint density at radius 1 is 1.40 bits per heavy atom. The largest absolute Gasteiger partial charge is 0.335 e. The molecule has 0 amide bonds. The molecule has 1 unspecified atom stereocenters. The van der Waals surface area contributed by atoms with Crippen molar-refractivity contribution in [2.24, 2.45) is 4.99 Å². The highest BCUT2D eigenvalue weighted by atomic mass is 32.2. The van der Waals surface area contributed by atoms with Crippen molar-refractivity contribution in [3.05, 3.63) is 29.8 Å². The Labute approximate surface area is 90.8 Å². The van der Waals surface area contributed by atoms with Crippen molar-refractivity contribution in [2.75, 3.05) is 11.1 Å². The number of hydrogen-bond acceptors (Lipinski definition) is 3. The molecular formula is C10H10F2N2S. The van der Waals surface area contributed by atoms with Crippen LogP contribution in [0.5, 0.6) is 0 Å². The molecule has 2 rings (SSSR count). The van der Waals surface area contributed by atoms with Crippen molar-refractivity contribution in [3.63, 3.8) is 0 Å². The zero-order valence-electron chi connectivity index (χ0n) is 8.13. The molecule has 1 heterocycles. The average Bonchev–Trinajstić information content (AvgIpc) is 2.58. The Kier molecular flexibility index (Phi) is 2.90. The van der Waals surface area contributed by atoms with Gasteiger partial charge in [-0.1, -0.05) is 11.8 Å². The van der Waals surface area contributed by atoms with Gasteiger partial charge in [-0.3, -0.25) is 4.99 Å². The third-order valence-corrected chi connectivity index (χ3v) is 3.10. The molecule has 0 saturated carbocycles. The van der Waals surface area contributed by atoms with Crippen LogP contribution in [0, 0.1) is 11.6 Å². The number of anilines is 1. The molecule has 80 valence electrons. The summed E-state index contributed by atoms with van der Waals surface area (Å²) in [4.78, 5) is 4.29. The average molecular weight is 228 g/mol. The molecule has 1 aromatic rings. The molecule has 5 heteroatoms. The minimum absolute atomic E-state index is 0.280. The molecule has 1 aromatic carbocycles. The fourth-order valence-corrected chi connectivity index (χ4v) is 2.16. The minimum atomic E-state index is -0.850. The Hall–Kier alpha value is -1.10. The Bertz CT molecular complexity index is 406. The van der Waals surface area contributed by atoms with Crippen molar-refractivity contribution in [1.82, 2.24) is 0 Å². The molecule has 0 radical (unpaired) electrons. The van der Waals surface area contributed by atoms with Gasteiger partial charge in [-0.2, -0.15) is 0 Å². The van der Waals surface area contributed by atoms with E-state index in [4.69, 9.17) is 0 Å². The van der Waals surface area contributed by atoms with Gasteiger partial charge in [-0.15, -0.1) is 0 Å². The molecular weight excluding hydrogens is 218 g/mol. The van der Waals surface area contributed by atoms with Crippen molar-refractivity contribution < 1.29 is 8.78 Å². The first-order valence-electron chi connectivity index (χ1n) is 4.58. The topological polar surface area (TPSA) is 24.4 Å². The summed E-state index contributed by atoms with van der Waals surface area (Å²) >= 11 is 1.58. The van der Waals surface area contributed by atoms with Crippen LogP contribution in [0.3, 0.4) is 0 Å². The van der Waals surface area contributed by atoms with E-state index in [1.54, 1.807) is 11.8 Å². The fourth-order valence-electron chi connectivity index (χ4n) is 1.24. The second-order valence-corrected chi connectivity index (χ2v) is 4.36. The summed E-state index contributed by atoms with van der Waals surface area (Å²) in [5.41, 5.74) is 0.522. The van der Waals surface area contributed by atoms with Crippen LogP contribution >= 0.6 is 11.8 Å². The van der Waals surface area contributed by atoms with Gasteiger partial charge in [0.25, 0.3) is 0 Å². The van der Waals surface area contributed by atoms with Crippen molar-refractivity contribution in [3.8, 4) is 0 Å². The SMILES string of the molecule is CC1CSC(Nc2ccc(F)c(F)c2)=N1. The molecule has 2 nitrogen and oxygen atoms in total. The lowest BCUT2D eigenvalue weighted by Crippen LogP contribution is -2.05. The lowest BCUT2D eigenvalue weighted by molar-refractivity contribution is 0.509. The molecule has 0 aromatic heterocycles. The predicted octanol–water partition coefficient (Wildman–Crippen LogP) is 2.87. The molecule has 0 fully saturated rings. The molecule has 1 atom stereocenters. The number of nitrogens with one attached hydrogen (secondary N) is 1. The summed E-state index contributed by atoms with van der Waals surface area (Å²) in [7, 11) is 0. The summed E-state index contributed by atoms with van der Waals surface area (Å²) in [6, 6.07) is 4.00. The smallest absolute Gasteiger partial charge is 0.161 e. The number of amidine groups is 1.